The first kappa shape index (κ1) is 34.1. The van der Waals surface area contributed by atoms with Crippen LogP contribution in [0.15, 0.2) is 98.1 Å². The highest BCUT2D eigenvalue weighted by Gasteiger charge is 2.75. The number of amides is 3. The summed E-state index contributed by atoms with van der Waals surface area (Å²) < 4.78 is 12.4. The van der Waals surface area contributed by atoms with E-state index in [1.807, 2.05) is 93.6 Å². The van der Waals surface area contributed by atoms with Crippen molar-refractivity contribution in [1.82, 2.24) is 4.90 Å². The standard InChI is InChI=1S/C40H45N3O6/c1-6-22-41(29-16-18-30(19-17-29)48-8-3)37(45)34-33-20-21-40(49-33)35(34)38(46)43(32(25-44)28-12-10-9-11-13-28)36(40)39(47)42(23-7-2)31-24-26(4)14-15-27(31)5/h6-7,9-19,24,32-36,44H,1-2,8,20-23,25H2,3-5H3/t32-,33+,34-,35+,36?,40?/m1/s1. The number of hydrogen-bond donors (Lipinski definition) is 1. The van der Waals surface area contributed by atoms with E-state index in [1.54, 1.807) is 22.0 Å². The Morgan fingerprint density at radius 1 is 1.02 bits per heavy atom. The topological polar surface area (TPSA) is 99.6 Å². The second kappa shape index (κ2) is 14.0. The Morgan fingerprint density at radius 3 is 2.37 bits per heavy atom. The number of carbonyl (C=O) groups is 3. The molecule has 0 radical (unpaired) electrons. The van der Waals surface area contributed by atoms with Crippen molar-refractivity contribution in [3.63, 3.8) is 0 Å². The van der Waals surface area contributed by atoms with Crippen LogP contribution in [-0.2, 0) is 19.1 Å². The van der Waals surface area contributed by atoms with Crippen LogP contribution in [0.4, 0.5) is 11.4 Å². The molecule has 0 aliphatic carbocycles. The fraction of sp³-hybridized carbons (Fsp3) is 0.375. The molecule has 9 nitrogen and oxygen atoms in total. The molecule has 6 rings (SSSR count). The minimum Gasteiger partial charge on any atom is -0.494 e. The van der Waals surface area contributed by atoms with E-state index in [4.69, 9.17) is 9.47 Å². The average molecular weight is 664 g/mol. The van der Waals surface area contributed by atoms with Crippen LogP contribution in [-0.4, -0.2) is 71.8 Å². The lowest BCUT2D eigenvalue weighted by atomic mass is 9.70. The first-order valence-corrected chi connectivity index (χ1v) is 17.0. The number of likely N-dealkylation sites (tertiary alicyclic amines) is 1. The molecule has 256 valence electrons. The van der Waals surface area contributed by atoms with Gasteiger partial charge in [0.05, 0.1) is 37.2 Å². The molecule has 3 aliphatic heterocycles. The van der Waals surface area contributed by atoms with Crippen molar-refractivity contribution in [2.45, 2.75) is 57.4 Å². The highest BCUT2D eigenvalue weighted by molar-refractivity contribution is 6.07. The number of aryl methyl sites for hydroxylation is 2. The maximum Gasteiger partial charge on any atom is 0.253 e. The smallest absolute Gasteiger partial charge is 0.253 e. The largest absolute Gasteiger partial charge is 0.494 e. The zero-order valence-corrected chi connectivity index (χ0v) is 28.5. The lowest BCUT2D eigenvalue weighted by Crippen LogP contribution is -2.57. The zero-order chi connectivity index (χ0) is 34.9. The number of rotatable bonds is 13. The summed E-state index contributed by atoms with van der Waals surface area (Å²) in [6, 6.07) is 20.5. The van der Waals surface area contributed by atoms with Crippen molar-refractivity contribution in [3.8, 4) is 5.75 Å². The lowest BCUT2D eigenvalue weighted by molar-refractivity contribution is -0.144. The van der Waals surface area contributed by atoms with E-state index in [2.05, 4.69) is 13.2 Å². The number of fused-ring (bicyclic) bond motifs is 1. The number of aliphatic hydroxyl groups excluding tert-OH is 1. The van der Waals surface area contributed by atoms with Gasteiger partial charge in [-0.1, -0.05) is 54.6 Å². The number of aliphatic hydroxyl groups is 1. The summed E-state index contributed by atoms with van der Waals surface area (Å²) in [6.07, 6.45) is 3.72. The summed E-state index contributed by atoms with van der Waals surface area (Å²) in [5.41, 5.74) is 2.66. The quantitative estimate of drug-likeness (QED) is 0.241. The molecule has 49 heavy (non-hydrogen) atoms. The molecule has 3 heterocycles. The molecule has 2 bridgehead atoms. The molecule has 3 saturated heterocycles. The van der Waals surface area contributed by atoms with Gasteiger partial charge in [-0.2, -0.15) is 0 Å². The van der Waals surface area contributed by atoms with Gasteiger partial charge in [0.15, 0.2) is 0 Å². The van der Waals surface area contributed by atoms with Crippen molar-refractivity contribution < 1.29 is 29.0 Å². The van der Waals surface area contributed by atoms with Crippen molar-refractivity contribution in [2.24, 2.45) is 11.8 Å². The number of ether oxygens (including phenoxy) is 2. The molecule has 6 atom stereocenters. The van der Waals surface area contributed by atoms with Crippen molar-refractivity contribution in [1.29, 1.82) is 0 Å². The van der Waals surface area contributed by atoms with Crippen molar-refractivity contribution in [3.05, 3.63) is 115 Å². The highest BCUT2D eigenvalue weighted by Crippen LogP contribution is 2.60. The minimum absolute atomic E-state index is 0.203. The normalized spacial score (nSPS) is 24.3. The van der Waals surface area contributed by atoms with Crippen LogP contribution in [0.3, 0.4) is 0 Å². The second-order valence-electron chi connectivity index (χ2n) is 13.1. The Bertz CT molecular complexity index is 1730. The predicted molar refractivity (Wildman–Crippen MR) is 189 cm³/mol. The van der Waals surface area contributed by atoms with E-state index in [0.29, 0.717) is 42.1 Å². The van der Waals surface area contributed by atoms with Crippen molar-refractivity contribution >= 4 is 29.1 Å². The first-order chi connectivity index (χ1) is 23.7. The molecule has 2 unspecified atom stereocenters. The average Bonchev–Trinajstić information content (AvgIpc) is 3.76. The Hall–Kier alpha value is -4.73. The number of carbonyl (C=O) groups excluding carboxylic acids is 3. The molecular weight excluding hydrogens is 618 g/mol. The van der Waals surface area contributed by atoms with Gasteiger partial charge < -0.3 is 29.3 Å². The van der Waals surface area contributed by atoms with Crippen LogP contribution in [0, 0.1) is 25.7 Å². The summed E-state index contributed by atoms with van der Waals surface area (Å²) in [4.78, 5) is 49.6. The monoisotopic (exact) mass is 663 g/mol. The summed E-state index contributed by atoms with van der Waals surface area (Å²) in [6.45, 7) is 14.2. The maximum atomic E-state index is 15.2. The van der Waals surface area contributed by atoms with Crippen LogP contribution in [0.5, 0.6) is 5.75 Å². The SMILES string of the molecule is C=CCN(C(=O)[C@@H]1[C@@H]2CCC3(O2)C(C(=O)N(CC=C)c2cc(C)ccc2C)N([C@H](CO)c2ccccc2)C(=O)[C@H]13)c1ccc(OCC)cc1. The predicted octanol–water partition coefficient (Wildman–Crippen LogP) is 5.55. The van der Waals surface area contributed by atoms with E-state index in [-0.39, 0.29) is 30.8 Å². The fourth-order valence-corrected chi connectivity index (χ4v) is 8.13. The number of benzene rings is 3. The van der Waals surface area contributed by atoms with Gasteiger partial charge >= 0.3 is 0 Å². The molecule has 3 aromatic rings. The van der Waals surface area contributed by atoms with E-state index in [9.17, 15) is 14.7 Å². The van der Waals surface area contributed by atoms with E-state index in [1.165, 1.54) is 4.90 Å². The van der Waals surface area contributed by atoms with Crippen LogP contribution in [0.25, 0.3) is 0 Å². The van der Waals surface area contributed by atoms with Crippen molar-refractivity contribution in [2.75, 3.05) is 36.1 Å². The molecule has 3 aromatic carbocycles. The molecule has 3 aliphatic rings. The van der Waals surface area contributed by atoms with Gasteiger partial charge in [-0.15, -0.1) is 13.2 Å². The number of anilines is 2. The molecule has 1 N–H and O–H groups in total. The zero-order valence-electron chi connectivity index (χ0n) is 28.5. The molecule has 3 fully saturated rings. The van der Waals surface area contributed by atoms with E-state index < -0.39 is 42.2 Å². The van der Waals surface area contributed by atoms with Gasteiger partial charge in [-0.05, 0) is 80.6 Å². The molecule has 0 aromatic heterocycles. The molecule has 3 amide bonds. The summed E-state index contributed by atoms with van der Waals surface area (Å²) in [7, 11) is 0. The number of hydrogen-bond acceptors (Lipinski definition) is 6. The third kappa shape index (κ3) is 5.85. The van der Waals surface area contributed by atoms with Gasteiger partial charge in [0.2, 0.25) is 11.8 Å². The van der Waals surface area contributed by atoms with Gasteiger partial charge in [-0.25, -0.2) is 0 Å². The third-order valence-electron chi connectivity index (χ3n) is 10.2. The molecule has 9 heteroatoms. The van der Waals surface area contributed by atoms with Crippen LogP contribution >= 0.6 is 0 Å². The fourth-order valence-electron chi connectivity index (χ4n) is 8.13. The summed E-state index contributed by atoms with van der Waals surface area (Å²) in [5.74, 6) is -2.04. The molecule has 0 saturated carbocycles. The Morgan fingerprint density at radius 2 is 1.71 bits per heavy atom. The van der Waals surface area contributed by atoms with E-state index in [0.717, 1.165) is 11.1 Å². The summed E-state index contributed by atoms with van der Waals surface area (Å²) >= 11 is 0. The van der Waals surface area contributed by atoms with Crippen LogP contribution in [0.1, 0.15) is 42.5 Å². The van der Waals surface area contributed by atoms with Gasteiger partial charge in [0.25, 0.3) is 5.91 Å². The Kier molecular flexibility index (Phi) is 9.77. The highest BCUT2D eigenvalue weighted by atomic mass is 16.5. The van der Waals surface area contributed by atoms with Gasteiger partial charge in [0, 0.05) is 24.5 Å². The molecular formula is C40H45N3O6. The van der Waals surface area contributed by atoms with Crippen LogP contribution < -0.4 is 14.5 Å². The molecule has 1 spiro atoms. The summed E-state index contributed by atoms with van der Waals surface area (Å²) in [5, 5.41) is 10.9. The van der Waals surface area contributed by atoms with Gasteiger partial charge in [-0.3, -0.25) is 14.4 Å². The van der Waals surface area contributed by atoms with E-state index >= 15 is 4.79 Å². The first-order valence-electron chi connectivity index (χ1n) is 17.0. The maximum absolute atomic E-state index is 15.2. The lowest BCUT2D eigenvalue weighted by Gasteiger charge is -2.39. The van der Waals surface area contributed by atoms with Crippen LogP contribution in [0.2, 0.25) is 0 Å². The Labute approximate surface area is 288 Å². The minimum atomic E-state index is -1.27. The number of nitrogens with zero attached hydrogens (tertiary/aromatic N) is 3. The second-order valence-corrected chi connectivity index (χ2v) is 13.1. The third-order valence-corrected chi connectivity index (χ3v) is 10.2. The van der Waals surface area contributed by atoms with Gasteiger partial charge in [0.1, 0.15) is 17.4 Å². The Balaban J connectivity index is 1.46.